The molecule has 1 heterocycles. The maximum atomic E-state index is 12.6. The topological polar surface area (TPSA) is 55.8 Å². The van der Waals surface area contributed by atoms with Crippen molar-refractivity contribution >= 4 is 18.1 Å². The minimum absolute atomic E-state index is 0.0279. The Kier molecular flexibility index (Phi) is 5.07. The molecule has 1 atom stereocenters. The number of para-hydroxylation sites is 1. The highest BCUT2D eigenvalue weighted by Gasteiger charge is 2.40. The lowest BCUT2D eigenvalue weighted by Crippen LogP contribution is -2.40. The molecule has 1 aliphatic heterocycles. The van der Waals surface area contributed by atoms with Crippen LogP contribution < -0.4 is 4.74 Å². The van der Waals surface area contributed by atoms with Gasteiger partial charge in [-0.05, 0) is 43.5 Å². The summed E-state index contributed by atoms with van der Waals surface area (Å²) in [6.45, 7) is 5.88. The predicted octanol–water partition coefficient (Wildman–Crippen LogP) is 4.09. The second-order valence-electron chi connectivity index (χ2n) is 6.34. The van der Waals surface area contributed by atoms with E-state index in [0.717, 1.165) is 27.3 Å². The highest BCUT2D eigenvalue weighted by Crippen LogP contribution is 2.25. The third-order valence-electron chi connectivity index (χ3n) is 4.24. The molecular weight excluding hydrogens is 330 g/mol. The zero-order valence-corrected chi connectivity index (χ0v) is 15.1. The van der Waals surface area contributed by atoms with Gasteiger partial charge >= 0.3 is 6.09 Å². The van der Waals surface area contributed by atoms with E-state index >= 15 is 0 Å². The molecule has 2 aromatic rings. The molecule has 3 rings (SSSR count). The van der Waals surface area contributed by atoms with Gasteiger partial charge in [0.05, 0.1) is 6.04 Å². The van der Waals surface area contributed by atoms with E-state index in [4.69, 9.17) is 9.47 Å². The van der Waals surface area contributed by atoms with E-state index in [9.17, 15) is 9.59 Å². The van der Waals surface area contributed by atoms with Crippen LogP contribution in [-0.4, -0.2) is 29.5 Å². The number of carbonyl (C=O) groups excluding carboxylic acids is 2. The average Bonchev–Trinajstić information content (AvgIpc) is 2.89. The molecule has 1 aliphatic rings. The van der Waals surface area contributed by atoms with Gasteiger partial charge in [-0.25, -0.2) is 9.69 Å². The summed E-state index contributed by atoms with van der Waals surface area (Å²) in [5.74, 6) is 0.357. The van der Waals surface area contributed by atoms with E-state index in [0.29, 0.717) is 0 Å². The van der Waals surface area contributed by atoms with Crippen LogP contribution in [0.3, 0.4) is 0 Å². The maximum Gasteiger partial charge on any atom is 0.422 e. The Morgan fingerprint density at radius 1 is 1.04 bits per heavy atom. The van der Waals surface area contributed by atoms with Gasteiger partial charge in [0.25, 0.3) is 5.91 Å². The molecular formula is C21H21NO4. The summed E-state index contributed by atoms with van der Waals surface area (Å²) < 4.78 is 11.0. The number of hydrogen-bond acceptors (Lipinski definition) is 4. The van der Waals surface area contributed by atoms with Crippen molar-refractivity contribution in [2.75, 3.05) is 6.61 Å². The van der Waals surface area contributed by atoms with E-state index in [1.54, 1.807) is 13.0 Å². The molecule has 26 heavy (non-hydrogen) atoms. The number of benzene rings is 2. The van der Waals surface area contributed by atoms with Crippen molar-refractivity contribution in [1.29, 1.82) is 0 Å². The number of cyclic esters (lactones) is 1. The molecule has 1 saturated heterocycles. The summed E-state index contributed by atoms with van der Waals surface area (Å²) in [5.41, 5.74) is 2.82. The zero-order chi connectivity index (χ0) is 18.7. The predicted molar refractivity (Wildman–Crippen MR) is 98.6 cm³/mol. The molecule has 5 heteroatoms. The number of amides is 2. The van der Waals surface area contributed by atoms with Crippen LogP contribution in [0.25, 0.3) is 6.08 Å². The van der Waals surface area contributed by atoms with Crippen molar-refractivity contribution in [1.82, 2.24) is 4.90 Å². The Bertz CT molecular complexity index is 837. The number of ether oxygens (including phenoxy) is 2. The molecule has 1 unspecified atom stereocenters. The van der Waals surface area contributed by atoms with E-state index < -0.39 is 18.0 Å². The van der Waals surface area contributed by atoms with Crippen molar-refractivity contribution in [3.8, 4) is 5.75 Å². The molecule has 0 bridgehead atoms. The Morgan fingerprint density at radius 2 is 1.69 bits per heavy atom. The van der Waals surface area contributed by atoms with Gasteiger partial charge in [-0.3, -0.25) is 4.79 Å². The van der Waals surface area contributed by atoms with Gasteiger partial charge in [0.1, 0.15) is 12.4 Å². The van der Waals surface area contributed by atoms with Crippen molar-refractivity contribution in [3.63, 3.8) is 0 Å². The third kappa shape index (κ3) is 3.61. The molecule has 1 fully saturated rings. The number of carbonyl (C=O) groups is 2. The van der Waals surface area contributed by atoms with Gasteiger partial charge in [-0.1, -0.05) is 48.5 Å². The number of hydrogen-bond donors (Lipinski definition) is 0. The summed E-state index contributed by atoms with van der Waals surface area (Å²) in [5, 5.41) is 0. The lowest BCUT2D eigenvalue weighted by Gasteiger charge is -2.21. The monoisotopic (exact) mass is 351 g/mol. The van der Waals surface area contributed by atoms with Crippen LogP contribution in [0.5, 0.6) is 5.75 Å². The van der Waals surface area contributed by atoms with E-state index in [1.807, 2.05) is 62.4 Å². The van der Waals surface area contributed by atoms with Crippen molar-refractivity contribution in [2.45, 2.75) is 26.8 Å². The van der Waals surface area contributed by atoms with Crippen LogP contribution in [0.4, 0.5) is 4.79 Å². The molecule has 5 nitrogen and oxygen atoms in total. The van der Waals surface area contributed by atoms with Crippen molar-refractivity contribution in [3.05, 3.63) is 71.0 Å². The van der Waals surface area contributed by atoms with Crippen LogP contribution in [0.1, 0.15) is 23.6 Å². The second-order valence-corrected chi connectivity index (χ2v) is 6.34. The molecule has 0 spiro atoms. The molecule has 0 aliphatic carbocycles. The first-order valence-corrected chi connectivity index (χ1v) is 8.48. The van der Waals surface area contributed by atoms with Crippen LogP contribution in [0.2, 0.25) is 0 Å². The van der Waals surface area contributed by atoms with E-state index in [2.05, 4.69) is 0 Å². The quantitative estimate of drug-likeness (QED) is 0.761. The molecule has 2 amide bonds. The number of imide groups is 1. The smallest absolute Gasteiger partial charge is 0.422 e. The highest BCUT2D eigenvalue weighted by molar-refractivity contribution is 6.10. The van der Waals surface area contributed by atoms with Crippen LogP contribution in [0.15, 0.2) is 54.3 Å². The van der Waals surface area contributed by atoms with Crippen LogP contribution in [0, 0.1) is 13.8 Å². The number of rotatable bonds is 5. The lowest BCUT2D eigenvalue weighted by atomic mass is 10.1. The highest BCUT2D eigenvalue weighted by atomic mass is 16.6. The van der Waals surface area contributed by atoms with Crippen LogP contribution in [-0.2, 0) is 9.53 Å². The first-order valence-electron chi connectivity index (χ1n) is 8.48. The number of nitrogens with zero attached hydrogens (tertiary/aromatic N) is 1. The van der Waals surface area contributed by atoms with Gasteiger partial charge < -0.3 is 9.47 Å². The Morgan fingerprint density at radius 3 is 2.35 bits per heavy atom. The maximum absolute atomic E-state index is 12.6. The first-order chi connectivity index (χ1) is 12.5. The molecule has 0 radical (unpaired) electrons. The molecule has 134 valence electrons. The second kappa shape index (κ2) is 7.44. The Hall–Kier alpha value is -3.08. The lowest BCUT2D eigenvalue weighted by molar-refractivity contribution is -0.124. The van der Waals surface area contributed by atoms with Gasteiger partial charge in [-0.2, -0.15) is 0 Å². The summed E-state index contributed by atoms with van der Waals surface area (Å²) in [6.07, 6.45) is 0.897. The average molecular weight is 351 g/mol. The fourth-order valence-corrected chi connectivity index (χ4v) is 2.87. The third-order valence-corrected chi connectivity index (χ3v) is 4.24. The Labute approximate surface area is 152 Å². The summed E-state index contributed by atoms with van der Waals surface area (Å²) in [4.78, 5) is 25.8. The fourth-order valence-electron chi connectivity index (χ4n) is 2.87. The van der Waals surface area contributed by atoms with Gasteiger partial charge in [-0.15, -0.1) is 0 Å². The van der Waals surface area contributed by atoms with Crippen molar-refractivity contribution < 1.29 is 19.1 Å². The Balaban J connectivity index is 1.71. The normalized spacial score (nSPS) is 16.7. The molecule has 0 saturated carbocycles. The minimum atomic E-state index is -0.671. The van der Waals surface area contributed by atoms with Crippen LogP contribution >= 0.6 is 0 Å². The molecule has 2 aromatic carbocycles. The molecule has 0 N–H and O–H groups in total. The first kappa shape index (κ1) is 17.7. The van der Waals surface area contributed by atoms with Gasteiger partial charge in [0.15, 0.2) is 5.76 Å². The zero-order valence-electron chi connectivity index (χ0n) is 15.1. The molecule has 0 aromatic heterocycles. The fraction of sp³-hybridized carbons (Fsp3) is 0.238. The van der Waals surface area contributed by atoms with Gasteiger partial charge in [0, 0.05) is 0 Å². The standard InChI is InChI=1S/C21H21NO4/c1-14-8-7-9-15(2)19(14)25-13-16(3)22-20(23)18(26-21(22)24)12-17-10-5-4-6-11-17/h4-12,16H,13H2,1-3H3/b18-12-. The van der Waals surface area contributed by atoms with E-state index in [1.165, 1.54) is 0 Å². The van der Waals surface area contributed by atoms with E-state index in [-0.39, 0.29) is 12.4 Å². The SMILES string of the molecule is Cc1cccc(C)c1OCC(C)N1C(=O)O/C(=C\c2ccccc2)C1=O. The number of aryl methyl sites for hydroxylation is 2. The summed E-state index contributed by atoms with van der Waals surface area (Å²) >= 11 is 0. The van der Waals surface area contributed by atoms with Gasteiger partial charge in [0.2, 0.25) is 0 Å². The largest absolute Gasteiger partial charge is 0.491 e. The summed E-state index contributed by atoms with van der Waals surface area (Å²) in [6, 6.07) is 14.7. The minimum Gasteiger partial charge on any atom is -0.491 e. The summed E-state index contributed by atoms with van der Waals surface area (Å²) in [7, 11) is 0. The van der Waals surface area contributed by atoms with Crippen molar-refractivity contribution in [2.24, 2.45) is 0 Å².